The quantitative estimate of drug-likeness (QED) is 0.924. The number of cyclic esters (lactones) is 1. The van der Waals surface area contributed by atoms with E-state index >= 15 is 0 Å². The first-order valence-electron chi connectivity index (χ1n) is 6.52. The molecule has 1 atom stereocenters. The average Bonchev–Trinajstić information content (AvgIpc) is 2.41. The first kappa shape index (κ1) is 15.6. The van der Waals surface area contributed by atoms with Crippen LogP contribution in [0, 0.1) is 0 Å². The number of benzene rings is 1. The number of anilines is 1. The van der Waals surface area contributed by atoms with Crippen LogP contribution >= 0.6 is 12.4 Å². The lowest BCUT2D eigenvalue weighted by atomic mass is 10.0. The molecular weight excluding hydrogens is 264 g/mol. The molecule has 0 spiro atoms. The lowest BCUT2D eigenvalue weighted by Crippen LogP contribution is -2.35. The van der Waals surface area contributed by atoms with Crippen LogP contribution in [-0.2, 0) is 4.74 Å². The molecule has 19 heavy (non-hydrogen) atoms. The normalized spacial score (nSPS) is 18.0. The maximum absolute atomic E-state index is 11.2. The molecular formula is C14H21ClN2O2. The zero-order valence-electron chi connectivity index (χ0n) is 11.4. The van der Waals surface area contributed by atoms with E-state index in [1.54, 1.807) is 0 Å². The van der Waals surface area contributed by atoms with E-state index in [0.29, 0.717) is 6.61 Å². The van der Waals surface area contributed by atoms with Crippen molar-refractivity contribution in [3.63, 3.8) is 0 Å². The number of ether oxygens (including phenoxy) is 1. The van der Waals surface area contributed by atoms with E-state index < -0.39 is 0 Å². The van der Waals surface area contributed by atoms with Gasteiger partial charge in [0.15, 0.2) is 0 Å². The fourth-order valence-electron chi connectivity index (χ4n) is 2.28. The number of amides is 1. The van der Waals surface area contributed by atoms with Crippen LogP contribution in [-0.4, -0.2) is 25.8 Å². The van der Waals surface area contributed by atoms with Crippen LogP contribution in [0.3, 0.4) is 0 Å². The van der Waals surface area contributed by atoms with Crippen LogP contribution in [0.5, 0.6) is 0 Å². The van der Waals surface area contributed by atoms with Gasteiger partial charge in [-0.2, -0.15) is 0 Å². The molecule has 0 saturated carbocycles. The van der Waals surface area contributed by atoms with Gasteiger partial charge < -0.3 is 15.0 Å². The Balaban J connectivity index is 0.00000180. The maximum atomic E-state index is 11.2. The summed E-state index contributed by atoms with van der Waals surface area (Å²) in [5.74, 6) is 0. The average molecular weight is 285 g/mol. The number of nitrogens with zero attached hydrogens (tertiary/aromatic N) is 1. The number of carbonyl (C=O) groups is 1. The molecule has 4 nitrogen and oxygen atoms in total. The summed E-state index contributed by atoms with van der Waals surface area (Å²) < 4.78 is 4.87. The van der Waals surface area contributed by atoms with E-state index in [1.165, 1.54) is 5.69 Å². The molecule has 1 fully saturated rings. The standard InChI is InChI=1S/C14H20N2O2.ClH/c1-3-16(4-2)12-7-5-11(6-8-12)13-9-10-18-14(17)15-13;/h5-8,13H,3-4,9-10H2,1-2H3,(H,15,17);1H/t13-;/m1./s1. The highest BCUT2D eigenvalue weighted by molar-refractivity contribution is 5.85. The number of alkyl carbamates (subject to hydrolysis) is 1. The monoisotopic (exact) mass is 284 g/mol. The van der Waals surface area contributed by atoms with Crippen molar-refractivity contribution in [2.75, 3.05) is 24.6 Å². The molecule has 1 aromatic rings. The van der Waals surface area contributed by atoms with Gasteiger partial charge in [-0.25, -0.2) is 4.79 Å². The fourth-order valence-corrected chi connectivity index (χ4v) is 2.28. The summed E-state index contributed by atoms with van der Waals surface area (Å²) in [6, 6.07) is 8.49. The van der Waals surface area contributed by atoms with Crippen molar-refractivity contribution in [2.24, 2.45) is 0 Å². The summed E-state index contributed by atoms with van der Waals surface area (Å²) in [6.07, 6.45) is 0.509. The lowest BCUT2D eigenvalue weighted by molar-refractivity contribution is 0.115. The zero-order valence-corrected chi connectivity index (χ0v) is 12.2. The first-order chi connectivity index (χ1) is 8.74. The third kappa shape index (κ3) is 3.77. The van der Waals surface area contributed by atoms with Gasteiger partial charge in [0.05, 0.1) is 12.6 Å². The van der Waals surface area contributed by atoms with Gasteiger partial charge in [-0.15, -0.1) is 12.4 Å². The second-order valence-corrected chi connectivity index (χ2v) is 4.39. The van der Waals surface area contributed by atoms with Crippen LogP contribution in [0.15, 0.2) is 24.3 Å². The summed E-state index contributed by atoms with van der Waals surface area (Å²) in [5.41, 5.74) is 2.37. The predicted octanol–water partition coefficient (Wildman–Crippen LogP) is 3.13. The molecule has 1 amide bonds. The Bertz CT molecular complexity index is 404. The van der Waals surface area contributed by atoms with E-state index in [2.05, 4.69) is 48.3 Å². The fraction of sp³-hybridized carbons (Fsp3) is 0.500. The second kappa shape index (κ2) is 7.24. The molecule has 5 heteroatoms. The van der Waals surface area contributed by atoms with E-state index in [0.717, 1.165) is 25.1 Å². The van der Waals surface area contributed by atoms with Gasteiger partial charge in [0.25, 0.3) is 0 Å². The summed E-state index contributed by atoms with van der Waals surface area (Å²) in [7, 11) is 0. The van der Waals surface area contributed by atoms with Gasteiger partial charge in [-0.1, -0.05) is 12.1 Å². The summed E-state index contributed by atoms with van der Waals surface area (Å²) in [4.78, 5) is 13.5. The maximum Gasteiger partial charge on any atom is 0.407 e. The van der Waals surface area contributed by atoms with Gasteiger partial charge in [-0.3, -0.25) is 0 Å². The van der Waals surface area contributed by atoms with Gasteiger partial charge in [0.2, 0.25) is 0 Å². The smallest absolute Gasteiger partial charge is 0.407 e. The van der Waals surface area contributed by atoms with Crippen molar-refractivity contribution >= 4 is 24.2 Å². The topological polar surface area (TPSA) is 41.6 Å². The molecule has 0 aromatic heterocycles. The van der Waals surface area contributed by atoms with Crippen molar-refractivity contribution in [2.45, 2.75) is 26.3 Å². The van der Waals surface area contributed by atoms with Gasteiger partial charge in [-0.05, 0) is 31.5 Å². The SMILES string of the molecule is CCN(CC)c1ccc([C@H]2CCOC(=O)N2)cc1.Cl. The number of hydrogen-bond acceptors (Lipinski definition) is 3. The first-order valence-corrected chi connectivity index (χ1v) is 6.52. The van der Waals surface area contributed by atoms with Gasteiger partial charge in [0, 0.05) is 25.2 Å². The molecule has 0 unspecified atom stereocenters. The van der Waals surface area contributed by atoms with E-state index in [4.69, 9.17) is 4.74 Å². The summed E-state index contributed by atoms with van der Waals surface area (Å²) >= 11 is 0. The largest absolute Gasteiger partial charge is 0.449 e. The summed E-state index contributed by atoms with van der Waals surface area (Å²) in [5, 5.41) is 2.83. The van der Waals surface area contributed by atoms with Gasteiger partial charge in [0.1, 0.15) is 0 Å². The van der Waals surface area contributed by atoms with Gasteiger partial charge >= 0.3 is 6.09 Å². The Morgan fingerprint density at radius 1 is 1.26 bits per heavy atom. The zero-order chi connectivity index (χ0) is 13.0. The van der Waals surface area contributed by atoms with Crippen molar-refractivity contribution in [1.82, 2.24) is 5.32 Å². The lowest BCUT2D eigenvalue weighted by Gasteiger charge is -2.25. The van der Waals surface area contributed by atoms with Crippen molar-refractivity contribution in [3.05, 3.63) is 29.8 Å². The Morgan fingerprint density at radius 2 is 1.89 bits per heavy atom. The number of carbonyl (C=O) groups excluding carboxylic acids is 1. The minimum absolute atomic E-state index is 0. The minimum Gasteiger partial charge on any atom is -0.449 e. The van der Waals surface area contributed by atoms with E-state index in [9.17, 15) is 4.79 Å². The van der Waals surface area contributed by atoms with Crippen LogP contribution < -0.4 is 10.2 Å². The summed E-state index contributed by atoms with van der Waals surface area (Å²) in [6.45, 7) is 6.80. The Kier molecular flexibility index (Phi) is 5.96. The number of nitrogens with one attached hydrogen (secondary N) is 1. The van der Waals surface area contributed by atoms with E-state index in [-0.39, 0.29) is 24.5 Å². The third-order valence-corrected chi connectivity index (χ3v) is 3.36. The van der Waals surface area contributed by atoms with Crippen LogP contribution in [0.1, 0.15) is 31.9 Å². The third-order valence-electron chi connectivity index (χ3n) is 3.36. The van der Waals surface area contributed by atoms with Crippen molar-refractivity contribution in [1.29, 1.82) is 0 Å². The van der Waals surface area contributed by atoms with Crippen LogP contribution in [0.4, 0.5) is 10.5 Å². The second-order valence-electron chi connectivity index (χ2n) is 4.39. The molecule has 0 radical (unpaired) electrons. The van der Waals surface area contributed by atoms with Crippen LogP contribution in [0.25, 0.3) is 0 Å². The Hall–Kier alpha value is -1.42. The van der Waals surface area contributed by atoms with Crippen molar-refractivity contribution < 1.29 is 9.53 Å². The molecule has 2 rings (SSSR count). The molecule has 1 aliphatic rings. The number of rotatable bonds is 4. The molecule has 1 saturated heterocycles. The Labute approximate surface area is 120 Å². The van der Waals surface area contributed by atoms with E-state index in [1.807, 2.05) is 0 Å². The number of hydrogen-bond donors (Lipinski definition) is 1. The van der Waals surface area contributed by atoms with Crippen molar-refractivity contribution in [3.8, 4) is 0 Å². The number of halogens is 1. The Morgan fingerprint density at radius 3 is 2.42 bits per heavy atom. The molecule has 106 valence electrons. The minimum atomic E-state index is -0.320. The molecule has 1 aliphatic heterocycles. The molecule has 0 aliphatic carbocycles. The highest BCUT2D eigenvalue weighted by Crippen LogP contribution is 2.23. The molecule has 1 heterocycles. The molecule has 1 aromatic carbocycles. The highest BCUT2D eigenvalue weighted by atomic mass is 35.5. The predicted molar refractivity (Wildman–Crippen MR) is 79.1 cm³/mol. The molecule has 0 bridgehead atoms. The van der Waals surface area contributed by atoms with Crippen LogP contribution in [0.2, 0.25) is 0 Å². The molecule has 1 N–H and O–H groups in total. The highest BCUT2D eigenvalue weighted by Gasteiger charge is 2.20.